The molecule has 4 nitrogen and oxygen atoms in total. The molecule has 1 aromatic heterocycles. The largest absolute Gasteiger partial charge is 0.301 e. The summed E-state index contributed by atoms with van der Waals surface area (Å²) in [5.41, 5.74) is 3.26. The predicted octanol–water partition coefficient (Wildman–Crippen LogP) is 4.57. The van der Waals surface area contributed by atoms with E-state index >= 15 is 0 Å². The summed E-state index contributed by atoms with van der Waals surface area (Å²) in [4.78, 5) is 31.7. The molecule has 0 amide bonds. The molecule has 4 aromatic rings. The van der Waals surface area contributed by atoms with Gasteiger partial charge in [-0.3, -0.25) is 9.59 Å². The minimum absolute atomic E-state index is 0.00424. The first-order valence-electron chi connectivity index (χ1n) is 8.51. The fraction of sp³-hybridized carbons (Fsp3) is 0.0455. The fourth-order valence-electron chi connectivity index (χ4n) is 2.83. The summed E-state index contributed by atoms with van der Waals surface area (Å²) in [7, 11) is 0. The van der Waals surface area contributed by atoms with E-state index in [0.717, 1.165) is 11.1 Å². The first-order chi connectivity index (χ1) is 13.2. The number of hydrogen-bond acceptors (Lipinski definition) is 4. The zero-order valence-electron chi connectivity index (χ0n) is 14.4. The average Bonchev–Trinajstić information content (AvgIpc) is 2.73. The summed E-state index contributed by atoms with van der Waals surface area (Å²) < 4.78 is 0. The number of benzene rings is 3. The molecule has 0 unspecified atom stereocenters. The van der Waals surface area contributed by atoms with E-state index in [0.29, 0.717) is 21.6 Å². The van der Waals surface area contributed by atoms with Crippen molar-refractivity contribution >= 4 is 28.4 Å². The van der Waals surface area contributed by atoms with E-state index in [1.165, 1.54) is 11.8 Å². The number of carbonyl (C=O) groups excluding carboxylic acids is 1. The predicted molar refractivity (Wildman–Crippen MR) is 109 cm³/mol. The number of ketones is 1. The molecule has 0 radical (unpaired) electrons. The molecule has 1 N–H and O–H groups in total. The van der Waals surface area contributed by atoms with E-state index < -0.39 is 0 Å². The lowest BCUT2D eigenvalue weighted by Crippen LogP contribution is -2.10. The van der Waals surface area contributed by atoms with Gasteiger partial charge in [-0.15, -0.1) is 0 Å². The zero-order valence-corrected chi connectivity index (χ0v) is 15.2. The van der Waals surface area contributed by atoms with E-state index in [1.807, 2.05) is 60.7 Å². The second-order valence-electron chi connectivity index (χ2n) is 6.04. The normalized spacial score (nSPS) is 10.8. The third-order valence-corrected chi connectivity index (χ3v) is 5.12. The Bertz CT molecular complexity index is 1150. The Balaban J connectivity index is 1.47. The first kappa shape index (κ1) is 17.2. The van der Waals surface area contributed by atoms with Gasteiger partial charge in [-0.05, 0) is 23.3 Å². The van der Waals surface area contributed by atoms with Crippen molar-refractivity contribution in [2.24, 2.45) is 0 Å². The molecule has 5 heteroatoms. The fourth-order valence-corrected chi connectivity index (χ4v) is 3.59. The van der Waals surface area contributed by atoms with Crippen molar-refractivity contribution < 1.29 is 4.79 Å². The summed E-state index contributed by atoms with van der Waals surface area (Å²) in [6.07, 6.45) is 0. The second-order valence-corrected chi connectivity index (χ2v) is 7.01. The van der Waals surface area contributed by atoms with Crippen molar-refractivity contribution in [3.05, 3.63) is 94.8 Å². The van der Waals surface area contributed by atoms with E-state index in [4.69, 9.17) is 0 Å². The molecule has 132 valence electrons. The molecule has 0 spiro atoms. The smallest absolute Gasteiger partial charge is 0.259 e. The van der Waals surface area contributed by atoms with E-state index in [2.05, 4.69) is 9.97 Å². The molecule has 0 atom stereocenters. The minimum Gasteiger partial charge on any atom is -0.301 e. The zero-order chi connectivity index (χ0) is 18.6. The number of nitrogens with one attached hydrogen (secondary N) is 1. The van der Waals surface area contributed by atoms with Gasteiger partial charge in [0.1, 0.15) is 0 Å². The molecule has 0 aliphatic carbocycles. The number of rotatable bonds is 5. The average molecular weight is 372 g/mol. The van der Waals surface area contributed by atoms with Gasteiger partial charge in [0.15, 0.2) is 10.9 Å². The van der Waals surface area contributed by atoms with Crippen molar-refractivity contribution in [2.45, 2.75) is 5.16 Å². The van der Waals surface area contributed by atoms with Gasteiger partial charge >= 0.3 is 0 Å². The Kier molecular flexibility index (Phi) is 4.85. The highest BCUT2D eigenvalue weighted by Crippen LogP contribution is 2.21. The van der Waals surface area contributed by atoms with Crippen molar-refractivity contribution in [1.82, 2.24) is 9.97 Å². The summed E-state index contributed by atoms with van der Waals surface area (Å²) in [5, 5.41) is 0.998. The summed E-state index contributed by atoms with van der Waals surface area (Å²) in [6.45, 7) is 0. The maximum Gasteiger partial charge on any atom is 0.259 e. The molecule has 0 saturated carbocycles. The third-order valence-electron chi connectivity index (χ3n) is 4.25. The molecular formula is C22H16N2O2S. The summed E-state index contributed by atoms with van der Waals surface area (Å²) in [5.74, 6) is 0.210. The van der Waals surface area contributed by atoms with E-state index in [9.17, 15) is 9.59 Å². The van der Waals surface area contributed by atoms with E-state index in [-0.39, 0.29) is 17.1 Å². The molecule has 4 rings (SSSR count). The van der Waals surface area contributed by atoms with Gasteiger partial charge < -0.3 is 4.98 Å². The van der Waals surface area contributed by atoms with Crippen LogP contribution in [0.5, 0.6) is 0 Å². The van der Waals surface area contributed by atoms with Crippen LogP contribution in [0.2, 0.25) is 0 Å². The van der Waals surface area contributed by atoms with Crippen molar-refractivity contribution in [3.8, 4) is 11.1 Å². The molecule has 27 heavy (non-hydrogen) atoms. The number of aromatic nitrogens is 2. The monoisotopic (exact) mass is 372 g/mol. The Morgan fingerprint density at radius 2 is 1.52 bits per heavy atom. The Morgan fingerprint density at radius 1 is 0.852 bits per heavy atom. The van der Waals surface area contributed by atoms with Crippen LogP contribution in [0.25, 0.3) is 22.0 Å². The maximum atomic E-state index is 12.5. The van der Waals surface area contributed by atoms with Crippen LogP contribution < -0.4 is 5.56 Å². The number of nitrogens with zero attached hydrogens (tertiary/aromatic N) is 1. The summed E-state index contributed by atoms with van der Waals surface area (Å²) >= 11 is 1.24. The van der Waals surface area contributed by atoms with Crippen LogP contribution in [-0.2, 0) is 0 Å². The second kappa shape index (κ2) is 7.60. The number of thioether (sulfide) groups is 1. The lowest BCUT2D eigenvalue weighted by molar-refractivity contribution is 0.102. The Morgan fingerprint density at radius 3 is 2.30 bits per heavy atom. The highest BCUT2D eigenvalue weighted by Gasteiger charge is 2.10. The lowest BCUT2D eigenvalue weighted by Gasteiger charge is -2.05. The highest BCUT2D eigenvalue weighted by atomic mass is 32.2. The van der Waals surface area contributed by atoms with Gasteiger partial charge in [0.2, 0.25) is 0 Å². The van der Waals surface area contributed by atoms with Gasteiger partial charge in [-0.1, -0.05) is 78.5 Å². The molecule has 0 saturated heterocycles. The Labute approximate surface area is 160 Å². The number of Topliss-reactive ketones (excluding diaryl/α,β-unsaturated/α-hetero) is 1. The molecule has 0 fully saturated rings. The number of aromatic amines is 1. The first-order valence-corrected chi connectivity index (χ1v) is 9.50. The van der Waals surface area contributed by atoms with E-state index in [1.54, 1.807) is 18.2 Å². The minimum atomic E-state index is -0.192. The van der Waals surface area contributed by atoms with Crippen LogP contribution in [-0.4, -0.2) is 21.5 Å². The molecule has 0 bridgehead atoms. The van der Waals surface area contributed by atoms with Crippen molar-refractivity contribution in [1.29, 1.82) is 0 Å². The maximum absolute atomic E-state index is 12.5. The standard InChI is InChI=1S/C22H16N2O2S/c25-20(17-12-10-16(11-13-17)15-6-2-1-3-7-15)14-27-22-23-19-9-5-4-8-18(19)21(26)24-22/h1-13H,14H2,(H,23,24,26). The van der Waals surface area contributed by atoms with Crippen LogP contribution in [0, 0.1) is 0 Å². The Hall–Kier alpha value is -3.18. The molecule has 0 aliphatic rings. The van der Waals surface area contributed by atoms with Crippen LogP contribution in [0.15, 0.2) is 88.8 Å². The van der Waals surface area contributed by atoms with Gasteiger partial charge in [0.05, 0.1) is 16.7 Å². The topological polar surface area (TPSA) is 62.8 Å². The van der Waals surface area contributed by atoms with Crippen LogP contribution in [0.3, 0.4) is 0 Å². The number of H-pyrrole nitrogens is 1. The number of para-hydroxylation sites is 1. The van der Waals surface area contributed by atoms with Crippen LogP contribution in [0.4, 0.5) is 0 Å². The lowest BCUT2D eigenvalue weighted by atomic mass is 10.0. The molecule has 1 heterocycles. The number of carbonyl (C=O) groups is 1. The quantitative estimate of drug-likeness (QED) is 0.317. The third kappa shape index (κ3) is 3.83. The van der Waals surface area contributed by atoms with Crippen molar-refractivity contribution in [2.75, 3.05) is 5.75 Å². The summed E-state index contributed by atoms with van der Waals surface area (Å²) in [6, 6.07) is 24.7. The SMILES string of the molecule is O=C(CSc1nc2ccccc2c(=O)[nH]1)c1ccc(-c2ccccc2)cc1. The van der Waals surface area contributed by atoms with Crippen LogP contribution >= 0.6 is 11.8 Å². The van der Waals surface area contributed by atoms with Crippen LogP contribution in [0.1, 0.15) is 10.4 Å². The van der Waals surface area contributed by atoms with Gasteiger partial charge in [-0.2, -0.15) is 0 Å². The van der Waals surface area contributed by atoms with Gasteiger partial charge in [0.25, 0.3) is 5.56 Å². The number of hydrogen-bond donors (Lipinski definition) is 1. The number of fused-ring (bicyclic) bond motifs is 1. The van der Waals surface area contributed by atoms with Gasteiger partial charge in [-0.25, -0.2) is 4.98 Å². The highest BCUT2D eigenvalue weighted by molar-refractivity contribution is 7.99. The van der Waals surface area contributed by atoms with Crippen molar-refractivity contribution in [3.63, 3.8) is 0 Å². The molecular weight excluding hydrogens is 356 g/mol. The molecule has 3 aromatic carbocycles. The van der Waals surface area contributed by atoms with Gasteiger partial charge in [0, 0.05) is 5.56 Å². The molecule has 0 aliphatic heterocycles.